The third-order valence-electron chi connectivity index (χ3n) is 2.58. The zero-order valence-corrected chi connectivity index (χ0v) is 14.9. The van der Waals surface area contributed by atoms with E-state index in [-0.39, 0.29) is 12.6 Å². The molecule has 0 bridgehead atoms. The van der Waals surface area contributed by atoms with Gasteiger partial charge < -0.3 is 9.47 Å². The van der Waals surface area contributed by atoms with Crippen molar-refractivity contribution in [1.82, 2.24) is 4.98 Å². The highest BCUT2D eigenvalue weighted by Crippen LogP contribution is 2.34. The van der Waals surface area contributed by atoms with Gasteiger partial charge in [0.15, 0.2) is 5.75 Å². The number of carbonyl (C=O) groups is 1. The second-order valence-electron chi connectivity index (χ2n) is 3.87. The summed E-state index contributed by atoms with van der Waals surface area (Å²) in [5, 5.41) is 1.43. The molecule has 20 heavy (non-hydrogen) atoms. The van der Waals surface area contributed by atoms with Gasteiger partial charge in [-0.2, -0.15) is 0 Å². The van der Waals surface area contributed by atoms with Crippen molar-refractivity contribution >= 4 is 67.0 Å². The molecule has 0 N–H and O–H groups in total. The van der Waals surface area contributed by atoms with Crippen molar-refractivity contribution in [1.29, 1.82) is 0 Å². The van der Waals surface area contributed by atoms with Gasteiger partial charge in [0.25, 0.3) is 0 Å². The molecule has 0 saturated carbocycles. The van der Waals surface area contributed by atoms with E-state index < -0.39 is 4.83 Å². The van der Waals surface area contributed by atoms with E-state index in [0.29, 0.717) is 16.3 Å². The van der Waals surface area contributed by atoms with Crippen molar-refractivity contribution in [2.75, 3.05) is 13.7 Å². The molecular formula is C13H10BrClINO3. The number of pyridine rings is 1. The van der Waals surface area contributed by atoms with Crippen molar-refractivity contribution < 1.29 is 14.3 Å². The summed E-state index contributed by atoms with van der Waals surface area (Å²) in [5.74, 6) is 0.227. The van der Waals surface area contributed by atoms with Gasteiger partial charge in [-0.15, -0.1) is 0 Å². The Bertz CT molecular complexity index is 653. The first-order valence-electron chi connectivity index (χ1n) is 5.62. The summed E-state index contributed by atoms with van der Waals surface area (Å²) in [6.07, 6.45) is 1.67. The molecule has 0 aliphatic carbocycles. The summed E-state index contributed by atoms with van der Waals surface area (Å²) in [7, 11) is 1.33. The molecule has 0 spiro atoms. The molecule has 1 aromatic carbocycles. The Morgan fingerprint density at radius 1 is 1.60 bits per heavy atom. The SMILES string of the molecule is COC(=O)C(Br)COc1c(I)cc(Cl)c2cccnc12. The molecule has 4 nitrogen and oxygen atoms in total. The van der Waals surface area contributed by atoms with E-state index in [2.05, 4.69) is 48.2 Å². The fourth-order valence-corrected chi connectivity index (χ4v) is 3.12. The lowest BCUT2D eigenvalue weighted by Gasteiger charge is -2.13. The van der Waals surface area contributed by atoms with Gasteiger partial charge in [0.1, 0.15) is 17.0 Å². The van der Waals surface area contributed by atoms with E-state index in [1.165, 1.54) is 7.11 Å². The molecular weight excluding hydrogens is 460 g/mol. The minimum Gasteiger partial charge on any atom is -0.488 e. The molecule has 0 fully saturated rings. The van der Waals surface area contributed by atoms with Gasteiger partial charge in [-0.25, -0.2) is 0 Å². The Kier molecular flexibility index (Phi) is 5.45. The van der Waals surface area contributed by atoms with Crippen molar-refractivity contribution in [2.45, 2.75) is 4.83 Å². The molecule has 0 aliphatic heterocycles. The number of alkyl halides is 1. The van der Waals surface area contributed by atoms with Crippen LogP contribution in [0.3, 0.4) is 0 Å². The van der Waals surface area contributed by atoms with Gasteiger partial charge >= 0.3 is 5.97 Å². The van der Waals surface area contributed by atoms with Crippen LogP contribution in [0.4, 0.5) is 0 Å². The van der Waals surface area contributed by atoms with Crippen LogP contribution in [0, 0.1) is 3.57 Å². The maximum Gasteiger partial charge on any atom is 0.322 e. The van der Waals surface area contributed by atoms with E-state index in [1.807, 2.05) is 18.2 Å². The predicted octanol–water partition coefficient (Wildman–Crippen LogP) is 3.81. The number of carbonyl (C=O) groups excluding carboxylic acids is 1. The Labute approximate surface area is 143 Å². The Morgan fingerprint density at radius 2 is 2.35 bits per heavy atom. The largest absolute Gasteiger partial charge is 0.488 e. The summed E-state index contributed by atoms with van der Waals surface area (Å²) in [6.45, 7) is 0.149. The molecule has 0 aliphatic rings. The molecule has 0 saturated heterocycles. The molecule has 106 valence electrons. The second-order valence-corrected chi connectivity index (χ2v) is 6.55. The summed E-state index contributed by atoms with van der Waals surface area (Å²) in [6, 6.07) is 5.50. The third kappa shape index (κ3) is 3.35. The van der Waals surface area contributed by atoms with E-state index in [1.54, 1.807) is 6.20 Å². The number of esters is 1. The van der Waals surface area contributed by atoms with Crippen LogP contribution in [0.25, 0.3) is 10.9 Å². The monoisotopic (exact) mass is 469 g/mol. The first-order valence-corrected chi connectivity index (χ1v) is 7.99. The summed E-state index contributed by atoms with van der Waals surface area (Å²) in [5.41, 5.74) is 0.675. The number of halogens is 3. The maximum absolute atomic E-state index is 11.3. The van der Waals surface area contributed by atoms with Crippen LogP contribution in [0.15, 0.2) is 24.4 Å². The van der Waals surface area contributed by atoms with Crippen LogP contribution in [0.5, 0.6) is 5.75 Å². The highest BCUT2D eigenvalue weighted by molar-refractivity contribution is 14.1. The average Bonchev–Trinajstić information content (AvgIpc) is 2.45. The van der Waals surface area contributed by atoms with Gasteiger partial charge in [0, 0.05) is 11.6 Å². The summed E-state index contributed by atoms with van der Waals surface area (Å²) in [4.78, 5) is 15.1. The lowest BCUT2D eigenvalue weighted by Crippen LogP contribution is -2.23. The number of hydrogen-bond donors (Lipinski definition) is 0. The number of benzene rings is 1. The van der Waals surface area contributed by atoms with Crippen LogP contribution in [-0.4, -0.2) is 29.5 Å². The van der Waals surface area contributed by atoms with E-state index in [9.17, 15) is 4.79 Å². The van der Waals surface area contributed by atoms with Gasteiger partial charge in [0.2, 0.25) is 0 Å². The molecule has 1 heterocycles. The minimum absolute atomic E-state index is 0.149. The Morgan fingerprint density at radius 3 is 3.05 bits per heavy atom. The number of methoxy groups -OCH3 is 1. The first-order chi connectivity index (χ1) is 9.54. The fraction of sp³-hybridized carbons (Fsp3) is 0.231. The van der Waals surface area contributed by atoms with Crippen molar-refractivity contribution in [3.8, 4) is 5.75 Å². The van der Waals surface area contributed by atoms with Crippen LogP contribution in [0.2, 0.25) is 5.02 Å². The molecule has 0 amide bonds. The fourth-order valence-electron chi connectivity index (χ4n) is 1.64. The highest BCUT2D eigenvalue weighted by Gasteiger charge is 2.18. The number of ether oxygens (including phenoxy) is 2. The minimum atomic E-state index is -0.530. The summed E-state index contributed by atoms with van der Waals surface area (Å²) >= 11 is 11.5. The Balaban J connectivity index is 2.32. The van der Waals surface area contributed by atoms with Gasteiger partial charge in [-0.1, -0.05) is 27.5 Å². The normalized spacial score (nSPS) is 12.2. The van der Waals surface area contributed by atoms with Crippen molar-refractivity contribution in [3.63, 3.8) is 0 Å². The number of nitrogens with zero attached hydrogens (tertiary/aromatic N) is 1. The lowest BCUT2D eigenvalue weighted by atomic mass is 10.2. The van der Waals surface area contributed by atoms with Crippen LogP contribution in [-0.2, 0) is 9.53 Å². The predicted molar refractivity (Wildman–Crippen MR) is 89.7 cm³/mol. The molecule has 7 heteroatoms. The van der Waals surface area contributed by atoms with Crippen LogP contribution < -0.4 is 4.74 Å². The lowest BCUT2D eigenvalue weighted by molar-refractivity contribution is -0.140. The second kappa shape index (κ2) is 6.91. The zero-order chi connectivity index (χ0) is 14.7. The number of fused-ring (bicyclic) bond motifs is 1. The molecule has 1 aromatic heterocycles. The van der Waals surface area contributed by atoms with Gasteiger partial charge in [-0.3, -0.25) is 9.78 Å². The van der Waals surface area contributed by atoms with Crippen LogP contribution >= 0.6 is 50.1 Å². The van der Waals surface area contributed by atoms with E-state index >= 15 is 0 Å². The standard InChI is InChI=1S/C13H10BrClINO3/c1-19-13(18)8(14)6-20-12-10(16)5-9(15)7-3-2-4-17-11(7)12/h2-5,8H,6H2,1H3. The van der Waals surface area contributed by atoms with E-state index in [4.69, 9.17) is 16.3 Å². The highest BCUT2D eigenvalue weighted by atomic mass is 127. The first kappa shape index (κ1) is 15.8. The maximum atomic E-state index is 11.3. The average molecular weight is 470 g/mol. The molecule has 2 rings (SSSR count). The molecule has 2 aromatic rings. The van der Waals surface area contributed by atoms with E-state index in [0.717, 1.165) is 8.96 Å². The number of rotatable bonds is 4. The summed E-state index contributed by atoms with van der Waals surface area (Å²) < 4.78 is 11.2. The van der Waals surface area contributed by atoms with Gasteiger partial charge in [0.05, 0.1) is 15.7 Å². The smallest absolute Gasteiger partial charge is 0.322 e. The third-order valence-corrected chi connectivity index (χ3v) is 4.33. The molecule has 1 unspecified atom stereocenters. The zero-order valence-electron chi connectivity index (χ0n) is 10.4. The molecule has 1 atom stereocenters. The van der Waals surface area contributed by atoms with Crippen molar-refractivity contribution in [3.05, 3.63) is 33.0 Å². The van der Waals surface area contributed by atoms with Crippen LogP contribution in [0.1, 0.15) is 0 Å². The number of hydrogen-bond acceptors (Lipinski definition) is 4. The Hall–Kier alpha value is -0.600. The number of aromatic nitrogens is 1. The quantitative estimate of drug-likeness (QED) is 0.388. The molecule has 0 radical (unpaired) electrons. The van der Waals surface area contributed by atoms with Crippen molar-refractivity contribution in [2.24, 2.45) is 0 Å². The van der Waals surface area contributed by atoms with Gasteiger partial charge in [-0.05, 0) is 40.8 Å². The topological polar surface area (TPSA) is 48.4 Å².